The number of carbonyl (C=O) groups is 1. The predicted molar refractivity (Wildman–Crippen MR) is 74.0 cm³/mol. The summed E-state index contributed by atoms with van der Waals surface area (Å²) in [5, 5.41) is 9.87. The van der Waals surface area contributed by atoms with Crippen LogP contribution >= 0.6 is 51.4 Å². The number of hydrogen-bond donors (Lipinski definition) is 1. The van der Waals surface area contributed by atoms with Crippen molar-refractivity contribution in [2.45, 2.75) is 0 Å². The lowest BCUT2D eigenvalue weighted by Gasteiger charge is -2.16. The largest absolute Gasteiger partial charge is 0.507 e. The number of amides is 1. The van der Waals surface area contributed by atoms with Gasteiger partial charge in [0, 0.05) is 17.5 Å². The number of carbonyl (C=O) groups excluding carboxylic acids is 1. The zero-order chi connectivity index (χ0) is 12.3. The van der Waals surface area contributed by atoms with Crippen LogP contribution < -0.4 is 0 Å². The molecule has 1 aromatic rings. The first-order valence-corrected chi connectivity index (χ1v) is 7.65. The number of rotatable bonds is 3. The third-order valence-corrected chi connectivity index (χ3v) is 4.69. The van der Waals surface area contributed by atoms with E-state index in [1.807, 2.05) is 0 Å². The fraction of sp³-hybridized carbons (Fsp3) is 0.222. The van der Waals surface area contributed by atoms with Gasteiger partial charge in [0.1, 0.15) is 5.75 Å². The zero-order valence-electron chi connectivity index (χ0n) is 8.53. The van der Waals surface area contributed by atoms with Gasteiger partial charge in [0.05, 0.1) is 10.0 Å². The van der Waals surface area contributed by atoms with Gasteiger partial charge in [-0.25, -0.2) is 3.71 Å². The predicted octanol–water partition coefficient (Wildman–Crippen LogP) is 3.81. The second kappa shape index (κ2) is 6.05. The Kier molecular flexibility index (Phi) is 5.30. The number of hydrogen-bond acceptors (Lipinski definition) is 4. The summed E-state index contributed by atoms with van der Waals surface area (Å²) in [6.07, 6.45) is 3.60. The van der Waals surface area contributed by atoms with Crippen LogP contribution in [0.2, 0.25) is 5.02 Å². The number of nitrogens with zero attached hydrogens (tertiary/aromatic N) is 1. The van der Waals surface area contributed by atoms with Crippen molar-refractivity contribution in [1.82, 2.24) is 3.71 Å². The summed E-state index contributed by atoms with van der Waals surface area (Å²) in [6, 6.07) is 2.90. The highest BCUT2D eigenvalue weighted by molar-refractivity contribution is 9.10. The van der Waals surface area contributed by atoms with Crippen molar-refractivity contribution in [2.75, 3.05) is 12.5 Å². The first kappa shape index (κ1) is 14.0. The van der Waals surface area contributed by atoms with E-state index >= 15 is 0 Å². The summed E-state index contributed by atoms with van der Waals surface area (Å²) in [7, 11) is 0. The highest BCUT2D eigenvalue weighted by Gasteiger charge is 2.20. The lowest BCUT2D eigenvalue weighted by molar-refractivity contribution is 0.0933. The Balaban J connectivity index is 3.17. The Bertz CT molecular complexity index is 413. The van der Waals surface area contributed by atoms with Gasteiger partial charge >= 0.3 is 0 Å². The molecular weight excluding hydrogens is 334 g/mol. The number of benzene rings is 1. The topological polar surface area (TPSA) is 40.5 Å². The summed E-state index contributed by atoms with van der Waals surface area (Å²) in [5.41, 5.74) is 0.341. The molecule has 0 aliphatic rings. The van der Waals surface area contributed by atoms with E-state index in [2.05, 4.69) is 15.9 Å². The van der Waals surface area contributed by atoms with E-state index in [9.17, 15) is 9.90 Å². The second-order valence-electron chi connectivity index (χ2n) is 2.71. The van der Waals surface area contributed by atoms with Crippen LogP contribution in [0.5, 0.6) is 5.75 Å². The molecule has 1 amide bonds. The summed E-state index contributed by atoms with van der Waals surface area (Å²) >= 11 is 11.5. The molecule has 0 unspecified atom stereocenters. The van der Waals surface area contributed by atoms with Crippen molar-refractivity contribution in [2.24, 2.45) is 0 Å². The molecule has 0 aromatic heterocycles. The number of phenols is 1. The van der Waals surface area contributed by atoms with Crippen molar-refractivity contribution in [3.05, 3.63) is 27.2 Å². The van der Waals surface area contributed by atoms with Gasteiger partial charge in [-0.15, -0.1) is 0 Å². The minimum Gasteiger partial charge on any atom is -0.507 e. The molecule has 88 valence electrons. The van der Waals surface area contributed by atoms with E-state index in [4.69, 9.17) is 11.6 Å². The molecule has 3 nitrogen and oxygen atoms in total. The van der Waals surface area contributed by atoms with Crippen LogP contribution in [0.1, 0.15) is 10.4 Å². The van der Waals surface area contributed by atoms with Crippen LogP contribution in [-0.2, 0) is 0 Å². The molecule has 0 bridgehead atoms. The lowest BCUT2D eigenvalue weighted by Crippen LogP contribution is -2.17. The number of halogens is 2. The maximum Gasteiger partial charge on any atom is 0.275 e. The monoisotopic (exact) mass is 341 g/mol. The summed E-state index contributed by atoms with van der Waals surface area (Å²) in [4.78, 5) is 12.0. The first-order valence-electron chi connectivity index (χ1n) is 4.12. The molecule has 1 rings (SSSR count). The van der Waals surface area contributed by atoms with E-state index in [0.29, 0.717) is 15.1 Å². The minimum absolute atomic E-state index is 0.0435. The molecule has 1 N–H and O–H groups in total. The fourth-order valence-electron chi connectivity index (χ4n) is 1.07. The maximum atomic E-state index is 12.0. The Labute approximate surface area is 116 Å². The third kappa shape index (κ3) is 3.00. The van der Waals surface area contributed by atoms with Crippen LogP contribution in [0, 0.1) is 0 Å². The van der Waals surface area contributed by atoms with Crippen molar-refractivity contribution in [3.8, 4) is 5.75 Å². The van der Waals surface area contributed by atoms with Gasteiger partial charge in [0.2, 0.25) is 0 Å². The van der Waals surface area contributed by atoms with Gasteiger partial charge in [-0.05, 0) is 52.0 Å². The van der Waals surface area contributed by atoms with Crippen LogP contribution in [0.4, 0.5) is 0 Å². The SMILES string of the molecule is CSN(SC)C(=O)c1cc(Cl)cc(O)c1Br. The van der Waals surface area contributed by atoms with E-state index < -0.39 is 0 Å². The molecular formula is C9H9BrClNO2S2. The second-order valence-corrected chi connectivity index (χ2v) is 5.64. The van der Waals surface area contributed by atoms with Gasteiger partial charge < -0.3 is 5.11 Å². The molecule has 0 spiro atoms. The van der Waals surface area contributed by atoms with E-state index in [1.165, 1.54) is 39.7 Å². The zero-order valence-corrected chi connectivity index (χ0v) is 12.5. The molecule has 7 heteroatoms. The highest BCUT2D eigenvalue weighted by atomic mass is 79.9. The normalized spacial score (nSPS) is 10.2. The van der Waals surface area contributed by atoms with E-state index in [0.717, 1.165) is 0 Å². The summed E-state index contributed by atoms with van der Waals surface area (Å²) in [5.74, 6) is -0.261. The van der Waals surface area contributed by atoms with Crippen LogP contribution in [0.25, 0.3) is 0 Å². The van der Waals surface area contributed by atoms with E-state index in [1.54, 1.807) is 12.5 Å². The molecule has 1 aromatic carbocycles. The smallest absolute Gasteiger partial charge is 0.275 e. The van der Waals surface area contributed by atoms with E-state index in [-0.39, 0.29) is 11.7 Å². The fourth-order valence-corrected chi connectivity index (χ4v) is 2.80. The molecule has 0 aliphatic carbocycles. The standard InChI is InChI=1S/C9H9BrClNO2S2/c1-15-12(16-2)9(14)6-3-5(11)4-7(13)8(6)10/h3-4,13H,1-2H3. The van der Waals surface area contributed by atoms with Gasteiger partial charge in [-0.1, -0.05) is 11.6 Å². The minimum atomic E-state index is -0.218. The average molecular weight is 343 g/mol. The van der Waals surface area contributed by atoms with Crippen LogP contribution in [0.3, 0.4) is 0 Å². The van der Waals surface area contributed by atoms with Gasteiger partial charge in [-0.3, -0.25) is 4.79 Å². The van der Waals surface area contributed by atoms with Gasteiger partial charge in [-0.2, -0.15) is 0 Å². The van der Waals surface area contributed by atoms with Gasteiger partial charge in [0.15, 0.2) is 0 Å². The molecule has 0 saturated carbocycles. The maximum absolute atomic E-state index is 12.0. The Morgan fingerprint density at radius 3 is 2.50 bits per heavy atom. The Morgan fingerprint density at radius 1 is 1.44 bits per heavy atom. The van der Waals surface area contributed by atoms with Crippen LogP contribution in [0.15, 0.2) is 16.6 Å². The average Bonchev–Trinajstić information content (AvgIpc) is 2.24. The number of phenolic OH excluding ortho intramolecular Hbond substituents is 1. The third-order valence-electron chi connectivity index (χ3n) is 1.75. The summed E-state index contributed by atoms with van der Waals surface area (Å²) in [6.45, 7) is 0. The number of aromatic hydroxyl groups is 1. The Hall–Kier alpha value is -0.0400. The highest BCUT2D eigenvalue weighted by Crippen LogP contribution is 2.34. The van der Waals surface area contributed by atoms with Crippen molar-refractivity contribution in [1.29, 1.82) is 0 Å². The van der Waals surface area contributed by atoms with Crippen molar-refractivity contribution < 1.29 is 9.90 Å². The lowest BCUT2D eigenvalue weighted by atomic mass is 10.2. The van der Waals surface area contributed by atoms with Crippen molar-refractivity contribution >= 4 is 57.3 Å². The molecule has 0 saturated heterocycles. The van der Waals surface area contributed by atoms with Gasteiger partial charge in [0.25, 0.3) is 5.91 Å². The molecule has 0 heterocycles. The first-order chi connectivity index (χ1) is 7.51. The molecule has 16 heavy (non-hydrogen) atoms. The molecule has 0 atom stereocenters. The Morgan fingerprint density at radius 2 is 2.00 bits per heavy atom. The molecule has 0 aliphatic heterocycles. The summed E-state index contributed by atoms with van der Waals surface area (Å²) < 4.78 is 1.85. The molecule has 0 fully saturated rings. The van der Waals surface area contributed by atoms with Crippen LogP contribution in [-0.4, -0.2) is 27.2 Å². The molecule has 0 radical (unpaired) electrons. The quantitative estimate of drug-likeness (QED) is 0.848. The van der Waals surface area contributed by atoms with Crippen molar-refractivity contribution in [3.63, 3.8) is 0 Å².